The van der Waals surface area contributed by atoms with Crippen LogP contribution in [0.25, 0.3) is 0 Å². The highest BCUT2D eigenvalue weighted by atomic mass is 32.2. The van der Waals surface area contributed by atoms with E-state index in [1.807, 2.05) is 0 Å². The van der Waals surface area contributed by atoms with Gasteiger partial charge in [-0.25, -0.2) is 18.7 Å². The quantitative estimate of drug-likeness (QED) is 0.823. The van der Waals surface area contributed by atoms with Crippen molar-refractivity contribution in [3.05, 3.63) is 40.3 Å². The Bertz CT molecular complexity index is 770. The number of aromatic nitrogens is 3. The molecule has 9 heteroatoms. The summed E-state index contributed by atoms with van der Waals surface area (Å²) in [6, 6.07) is 3.28. The highest BCUT2D eigenvalue weighted by molar-refractivity contribution is 7.99. The Hall–Kier alpha value is -2.16. The Labute approximate surface area is 127 Å². The lowest BCUT2D eigenvalue weighted by atomic mass is 10.3. The molecule has 2 aromatic rings. The lowest BCUT2D eigenvalue weighted by molar-refractivity contribution is -0.113. The topological polar surface area (TPSA) is 79.8 Å². The molecule has 0 atom stereocenters. The molecule has 22 heavy (non-hydrogen) atoms. The van der Waals surface area contributed by atoms with Gasteiger partial charge in [-0.05, 0) is 25.0 Å². The van der Waals surface area contributed by atoms with Crippen LogP contribution in [0, 0.1) is 11.6 Å². The second kappa shape index (κ2) is 5.91. The van der Waals surface area contributed by atoms with E-state index in [-0.39, 0.29) is 23.2 Å². The summed E-state index contributed by atoms with van der Waals surface area (Å²) in [5.74, 6) is -2.39. The molecule has 1 aromatic carbocycles. The van der Waals surface area contributed by atoms with Gasteiger partial charge in [-0.3, -0.25) is 9.36 Å². The molecule has 0 radical (unpaired) electrons. The minimum atomic E-state index is -1.03. The van der Waals surface area contributed by atoms with Crippen molar-refractivity contribution >= 4 is 23.4 Å². The van der Waals surface area contributed by atoms with E-state index in [9.17, 15) is 18.4 Å². The van der Waals surface area contributed by atoms with E-state index in [2.05, 4.69) is 15.5 Å². The number of nitrogens with one attached hydrogen (secondary N) is 2. The first-order valence-corrected chi connectivity index (χ1v) is 7.58. The second-order valence-electron chi connectivity index (χ2n) is 4.88. The summed E-state index contributed by atoms with van der Waals surface area (Å²) in [5, 5.41) is 9.15. The number of H-pyrrole nitrogens is 1. The highest BCUT2D eigenvalue weighted by Crippen LogP contribution is 2.35. The van der Waals surface area contributed by atoms with Gasteiger partial charge in [0.1, 0.15) is 0 Å². The number of hydrogen-bond donors (Lipinski definition) is 2. The molecule has 0 aliphatic heterocycles. The van der Waals surface area contributed by atoms with Gasteiger partial charge in [-0.2, -0.15) is 0 Å². The minimum Gasteiger partial charge on any atom is -0.325 e. The van der Waals surface area contributed by atoms with Gasteiger partial charge in [0.05, 0.1) is 5.75 Å². The molecular weight excluding hydrogens is 314 g/mol. The number of nitrogens with zero attached hydrogens (tertiary/aromatic N) is 2. The van der Waals surface area contributed by atoms with E-state index in [1.54, 1.807) is 0 Å². The summed E-state index contributed by atoms with van der Waals surface area (Å²) in [6.45, 7) is 0. The maximum Gasteiger partial charge on any atom is 0.344 e. The zero-order chi connectivity index (χ0) is 15.7. The Morgan fingerprint density at radius 3 is 2.86 bits per heavy atom. The molecule has 0 saturated heterocycles. The molecular formula is C13H12F2N4O2S. The number of hydrogen-bond acceptors (Lipinski definition) is 4. The van der Waals surface area contributed by atoms with Crippen LogP contribution in [0.1, 0.15) is 18.9 Å². The fourth-order valence-corrected chi connectivity index (χ4v) is 2.76. The predicted molar refractivity (Wildman–Crippen MR) is 76.8 cm³/mol. The third-order valence-electron chi connectivity index (χ3n) is 3.12. The number of halogens is 2. The summed E-state index contributed by atoms with van der Waals surface area (Å²) < 4.78 is 27.4. The molecule has 1 heterocycles. The largest absolute Gasteiger partial charge is 0.344 e. The first-order valence-electron chi connectivity index (χ1n) is 6.59. The number of benzene rings is 1. The van der Waals surface area contributed by atoms with Crippen molar-refractivity contribution in [3.8, 4) is 0 Å². The Balaban J connectivity index is 1.60. The zero-order valence-electron chi connectivity index (χ0n) is 11.3. The second-order valence-corrected chi connectivity index (χ2v) is 5.82. The minimum absolute atomic E-state index is 0.00993. The van der Waals surface area contributed by atoms with E-state index in [1.165, 1.54) is 10.6 Å². The maximum absolute atomic E-state index is 13.0. The Morgan fingerprint density at radius 2 is 2.18 bits per heavy atom. The van der Waals surface area contributed by atoms with E-state index in [0.717, 1.165) is 36.7 Å². The number of rotatable bonds is 5. The van der Waals surface area contributed by atoms with Crippen LogP contribution < -0.4 is 11.0 Å². The van der Waals surface area contributed by atoms with Crippen LogP contribution in [0.5, 0.6) is 0 Å². The lowest BCUT2D eigenvalue weighted by Crippen LogP contribution is -2.18. The van der Waals surface area contributed by atoms with E-state index < -0.39 is 17.5 Å². The molecule has 0 bridgehead atoms. The molecule has 1 amide bonds. The molecule has 1 aromatic heterocycles. The molecule has 1 aliphatic carbocycles. The highest BCUT2D eigenvalue weighted by Gasteiger charge is 2.28. The van der Waals surface area contributed by atoms with Gasteiger partial charge in [0.15, 0.2) is 16.8 Å². The number of carbonyl (C=O) groups excluding carboxylic acids is 1. The van der Waals surface area contributed by atoms with Crippen LogP contribution in [0.2, 0.25) is 0 Å². The molecule has 3 rings (SSSR count). The third kappa shape index (κ3) is 3.19. The lowest BCUT2D eigenvalue weighted by Gasteiger charge is -2.06. The van der Waals surface area contributed by atoms with Crippen LogP contribution >= 0.6 is 11.8 Å². The van der Waals surface area contributed by atoms with Crippen molar-refractivity contribution in [1.29, 1.82) is 0 Å². The first kappa shape index (κ1) is 14.8. The fourth-order valence-electron chi connectivity index (χ4n) is 1.95. The van der Waals surface area contributed by atoms with E-state index in [4.69, 9.17) is 0 Å². The molecule has 0 spiro atoms. The smallest absolute Gasteiger partial charge is 0.325 e. The monoisotopic (exact) mass is 326 g/mol. The molecule has 2 N–H and O–H groups in total. The van der Waals surface area contributed by atoms with Gasteiger partial charge in [0, 0.05) is 17.8 Å². The third-order valence-corrected chi connectivity index (χ3v) is 4.07. The number of anilines is 1. The normalized spacial score (nSPS) is 14.1. The van der Waals surface area contributed by atoms with Gasteiger partial charge in [-0.1, -0.05) is 11.8 Å². The van der Waals surface area contributed by atoms with E-state index in [0.29, 0.717) is 5.16 Å². The average Bonchev–Trinajstić information content (AvgIpc) is 3.24. The molecule has 1 saturated carbocycles. The van der Waals surface area contributed by atoms with Crippen molar-refractivity contribution in [2.45, 2.75) is 24.0 Å². The van der Waals surface area contributed by atoms with Gasteiger partial charge in [0.25, 0.3) is 0 Å². The number of amides is 1. The summed E-state index contributed by atoms with van der Waals surface area (Å²) in [7, 11) is 0. The summed E-state index contributed by atoms with van der Waals surface area (Å²) in [6.07, 6.45) is 1.85. The summed E-state index contributed by atoms with van der Waals surface area (Å²) >= 11 is 1.11. The predicted octanol–water partition coefficient (Wildman–Crippen LogP) is 1.92. The summed E-state index contributed by atoms with van der Waals surface area (Å²) in [5.41, 5.74) is -0.114. The molecule has 1 aliphatic rings. The molecule has 6 nitrogen and oxygen atoms in total. The zero-order valence-corrected chi connectivity index (χ0v) is 12.1. The van der Waals surface area contributed by atoms with Crippen molar-refractivity contribution in [3.63, 3.8) is 0 Å². The van der Waals surface area contributed by atoms with Crippen LogP contribution in [-0.4, -0.2) is 26.4 Å². The van der Waals surface area contributed by atoms with Gasteiger partial charge in [-0.15, -0.1) is 5.10 Å². The fraction of sp³-hybridized carbons (Fsp3) is 0.308. The Kier molecular flexibility index (Phi) is 3.97. The van der Waals surface area contributed by atoms with Crippen molar-refractivity contribution < 1.29 is 13.6 Å². The number of carbonyl (C=O) groups is 1. The first-order chi connectivity index (χ1) is 10.5. The van der Waals surface area contributed by atoms with Crippen LogP contribution in [0.4, 0.5) is 14.5 Å². The van der Waals surface area contributed by atoms with Gasteiger partial charge >= 0.3 is 5.69 Å². The van der Waals surface area contributed by atoms with Crippen molar-refractivity contribution in [2.75, 3.05) is 11.1 Å². The molecule has 0 unspecified atom stereocenters. The number of thioether (sulfide) groups is 1. The molecule has 1 fully saturated rings. The Morgan fingerprint density at radius 1 is 1.41 bits per heavy atom. The van der Waals surface area contributed by atoms with Crippen molar-refractivity contribution in [2.24, 2.45) is 0 Å². The van der Waals surface area contributed by atoms with Crippen LogP contribution in [-0.2, 0) is 4.79 Å². The van der Waals surface area contributed by atoms with Crippen LogP contribution in [0.3, 0.4) is 0 Å². The maximum atomic E-state index is 13.0. The van der Waals surface area contributed by atoms with Crippen LogP contribution in [0.15, 0.2) is 28.2 Å². The number of aromatic amines is 1. The molecule has 116 valence electrons. The SMILES string of the molecule is O=C(CSc1n[nH]c(=O)n1C1CC1)Nc1ccc(F)c(F)c1. The summed E-state index contributed by atoms with van der Waals surface area (Å²) in [4.78, 5) is 23.4. The van der Waals surface area contributed by atoms with E-state index >= 15 is 0 Å². The van der Waals surface area contributed by atoms with Gasteiger partial charge < -0.3 is 5.32 Å². The van der Waals surface area contributed by atoms with Gasteiger partial charge in [0.2, 0.25) is 5.91 Å². The average molecular weight is 326 g/mol. The standard InChI is InChI=1S/C13H12F2N4O2S/c14-9-4-1-7(5-10(9)15)16-11(20)6-22-13-18-17-12(21)19(13)8-2-3-8/h1,4-5,8H,2-3,6H2,(H,16,20)(H,17,21). The van der Waals surface area contributed by atoms with Crippen molar-refractivity contribution in [1.82, 2.24) is 14.8 Å².